The predicted molar refractivity (Wildman–Crippen MR) is 47.8 cm³/mol. The molecule has 1 aliphatic rings. The third kappa shape index (κ3) is 1.43. The standard InChI is InChI=1S/C8H14N4/c9-7-4-11-12(6-7)8-2-1-3-10-5-8/h4,6,8,10H,1-3,5,9H2/t8-/m1/s1. The van der Waals surface area contributed by atoms with Gasteiger partial charge in [0.25, 0.3) is 0 Å². The Labute approximate surface area is 71.7 Å². The van der Waals surface area contributed by atoms with Crippen molar-refractivity contribution in [1.82, 2.24) is 15.1 Å². The van der Waals surface area contributed by atoms with E-state index in [4.69, 9.17) is 5.73 Å². The van der Waals surface area contributed by atoms with Crippen molar-refractivity contribution in [3.05, 3.63) is 12.4 Å². The summed E-state index contributed by atoms with van der Waals surface area (Å²) in [6.45, 7) is 2.15. The molecular formula is C8H14N4. The lowest BCUT2D eigenvalue weighted by Gasteiger charge is -2.22. The highest BCUT2D eigenvalue weighted by Crippen LogP contribution is 2.16. The van der Waals surface area contributed by atoms with E-state index in [9.17, 15) is 0 Å². The maximum Gasteiger partial charge on any atom is 0.0719 e. The van der Waals surface area contributed by atoms with Gasteiger partial charge < -0.3 is 11.1 Å². The van der Waals surface area contributed by atoms with Crippen molar-refractivity contribution in [2.24, 2.45) is 0 Å². The zero-order valence-electron chi connectivity index (χ0n) is 7.03. The van der Waals surface area contributed by atoms with Crippen molar-refractivity contribution in [2.45, 2.75) is 18.9 Å². The molecule has 0 radical (unpaired) electrons. The lowest BCUT2D eigenvalue weighted by molar-refractivity contribution is 0.347. The largest absolute Gasteiger partial charge is 0.396 e. The van der Waals surface area contributed by atoms with Crippen molar-refractivity contribution < 1.29 is 0 Å². The summed E-state index contributed by atoms with van der Waals surface area (Å²) in [4.78, 5) is 0. The molecule has 1 atom stereocenters. The zero-order valence-corrected chi connectivity index (χ0v) is 7.03. The monoisotopic (exact) mass is 166 g/mol. The first-order valence-corrected chi connectivity index (χ1v) is 4.36. The minimum atomic E-state index is 0.496. The smallest absolute Gasteiger partial charge is 0.0719 e. The van der Waals surface area contributed by atoms with Gasteiger partial charge in [0.2, 0.25) is 0 Å². The topological polar surface area (TPSA) is 55.9 Å². The van der Waals surface area contributed by atoms with Crippen molar-refractivity contribution in [3.8, 4) is 0 Å². The second-order valence-electron chi connectivity index (χ2n) is 3.25. The second-order valence-corrected chi connectivity index (χ2v) is 3.25. The van der Waals surface area contributed by atoms with E-state index in [1.165, 1.54) is 12.8 Å². The first kappa shape index (κ1) is 7.61. The summed E-state index contributed by atoms with van der Waals surface area (Å²) >= 11 is 0. The summed E-state index contributed by atoms with van der Waals surface area (Å²) in [7, 11) is 0. The minimum Gasteiger partial charge on any atom is -0.396 e. The maximum atomic E-state index is 5.58. The van der Waals surface area contributed by atoms with Gasteiger partial charge in [0.1, 0.15) is 0 Å². The van der Waals surface area contributed by atoms with E-state index in [0.717, 1.165) is 18.8 Å². The van der Waals surface area contributed by atoms with Crippen LogP contribution < -0.4 is 11.1 Å². The molecule has 1 aliphatic heterocycles. The lowest BCUT2D eigenvalue weighted by Crippen LogP contribution is -2.31. The molecule has 2 rings (SSSR count). The van der Waals surface area contributed by atoms with Gasteiger partial charge in [-0.1, -0.05) is 0 Å². The van der Waals surface area contributed by atoms with Crippen LogP contribution in [0.3, 0.4) is 0 Å². The Hall–Kier alpha value is -1.03. The van der Waals surface area contributed by atoms with Crippen molar-refractivity contribution in [2.75, 3.05) is 18.8 Å². The fraction of sp³-hybridized carbons (Fsp3) is 0.625. The van der Waals surface area contributed by atoms with Crippen LogP contribution >= 0.6 is 0 Å². The van der Waals surface area contributed by atoms with E-state index in [0.29, 0.717) is 6.04 Å². The van der Waals surface area contributed by atoms with Crippen LogP contribution in [0.5, 0.6) is 0 Å². The van der Waals surface area contributed by atoms with Crippen molar-refractivity contribution in [3.63, 3.8) is 0 Å². The Morgan fingerprint density at radius 3 is 3.17 bits per heavy atom. The van der Waals surface area contributed by atoms with E-state index < -0.39 is 0 Å². The molecule has 0 aliphatic carbocycles. The molecular weight excluding hydrogens is 152 g/mol. The second kappa shape index (κ2) is 3.15. The molecule has 0 amide bonds. The van der Waals surface area contributed by atoms with Crippen LogP contribution in [-0.4, -0.2) is 22.9 Å². The molecule has 0 spiro atoms. The Bertz CT molecular complexity index is 249. The number of anilines is 1. The van der Waals surface area contributed by atoms with Gasteiger partial charge in [0, 0.05) is 12.7 Å². The molecule has 2 heterocycles. The number of nitrogens with zero attached hydrogens (tertiary/aromatic N) is 2. The van der Waals surface area contributed by atoms with E-state index in [2.05, 4.69) is 10.4 Å². The molecule has 1 aromatic heterocycles. The lowest BCUT2D eigenvalue weighted by atomic mass is 10.1. The maximum absolute atomic E-state index is 5.58. The van der Waals surface area contributed by atoms with E-state index in [1.807, 2.05) is 10.9 Å². The first-order chi connectivity index (χ1) is 5.86. The molecule has 4 heteroatoms. The van der Waals surface area contributed by atoms with Crippen molar-refractivity contribution in [1.29, 1.82) is 0 Å². The zero-order chi connectivity index (χ0) is 8.39. The Morgan fingerprint density at radius 2 is 2.58 bits per heavy atom. The van der Waals surface area contributed by atoms with Crippen molar-refractivity contribution >= 4 is 5.69 Å². The van der Waals surface area contributed by atoms with Gasteiger partial charge in [-0.2, -0.15) is 5.10 Å². The van der Waals surface area contributed by atoms with E-state index >= 15 is 0 Å². The summed E-state index contributed by atoms with van der Waals surface area (Å²) in [5, 5.41) is 7.53. The molecule has 1 saturated heterocycles. The summed E-state index contributed by atoms with van der Waals surface area (Å²) in [5.41, 5.74) is 6.33. The number of nitrogens with one attached hydrogen (secondary N) is 1. The van der Waals surface area contributed by atoms with Gasteiger partial charge in [-0.15, -0.1) is 0 Å². The van der Waals surface area contributed by atoms with Crippen LogP contribution in [0, 0.1) is 0 Å². The van der Waals surface area contributed by atoms with Crippen LogP contribution in [0.1, 0.15) is 18.9 Å². The van der Waals surface area contributed by atoms with E-state index in [-0.39, 0.29) is 0 Å². The molecule has 1 aromatic rings. The summed E-state index contributed by atoms with van der Waals surface area (Å²) in [5.74, 6) is 0. The van der Waals surface area contributed by atoms with Gasteiger partial charge in [0.05, 0.1) is 17.9 Å². The average molecular weight is 166 g/mol. The summed E-state index contributed by atoms with van der Waals surface area (Å²) in [6.07, 6.45) is 6.03. The quantitative estimate of drug-likeness (QED) is 0.634. The van der Waals surface area contributed by atoms with Gasteiger partial charge in [-0.25, -0.2) is 0 Å². The molecule has 0 aromatic carbocycles. The highest BCUT2D eigenvalue weighted by atomic mass is 15.3. The number of nitrogen functional groups attached to an aromatic ring is 1. The van der Waals surface area contributed by atoms with Gasteiger partial charge in [-0.3, -0.25) is 4.68 Å². The fourth-order valence-corrected chi connectivity index (χ4v) is 1.61. The number of piperidine rings is 1. The average Bonchev–Trinajstić information content (AvgIpc) is 2.54. The normalized spacial score (nSPS) is 24.2. The van der Waals surface area contributed by atoms with Crippen LogP contribution in [0.4, 0.5) is 5.69 Å². The van der Waals surface area contributed by atoms with Crippen LogP contribution in [0.15, 0.2) is 12.4 Å². The van der Waals surface area contributed by atoms with Gasteiger partial charge in [-0.05, 0) is 19.4 Å². The van der Waals surface area contributed by atoms with Gasteiger partial charge >= 0.3 is 0 Å². The highest BCUT2D eigenvalue weighted by Gasteiger charge is 2.14. The molecule has 4 nitrogen and oxygen atoms in total. The molecule has 0 unspecified atom stereocenters. The fourth-order valence-electron chi connectivity index (χ4n) is 1.61. The van der Waals surface area contributed by atoms with Gasteiger partial charge in [0.15, 0.2) is 0 Å². The molecule has 12 heavy (non-hydrogen) atoms. The Morgan fingerprint density at radius 1 is 1.67 bits per heavy atom. The summed E-state index contributed by atoms with van der Waals surface area (Å²) < 4.78 is 1.96. The van der Waals surface area contributed by atoms with Crippen LogP contribution in [0.2, 0.25) is 0 Å². The Balaban J connectivity index is 2.08. The first-order valence-electron chi connectivity index (χ1n) is 4.36. The molecule has 66 valence electrons. The molecule has 0 bridgehead atoms. The number of rotatable bonds is 1. The number of aromatic nitrogens is 2. The third-order valence-electron chi connectivity index (χ3n) is 2.27. The molecule has 3 N–H and O–H groups in total. The van der Waals surface area contributed by atoms with E-state index in [1.54, 1.807) is 6.20 Å². The predicted octanol–water partition coefficient (Wildman–Crippen LogP) is 0.390. The third-order valence-corrected chi connectivity index (χ3v) is 2.27. The number of hydrogen-bond donors (Lipinski definition) is 2. The van der Waals surface area contributed by atoms with Crippen LogP contribution in [0.25, 0.3) is 0 Å². The number of hydrogen-bond acceptors (Lipinski definition) is 3. The molecule has 0 saturated carbocycles. The highest BCUT2D eigenvalue weighted by molar-refractivity contribution is 5.30. The summed E-state index contributed by atoms with van der Waals surface area (Å²) in [6, 6.07) is 0.496. The number of nitrogens with two attached hydrogens (primary N) is 1. The van der Waals surface area contributed by atoms with Crippen LogP contribution in [-0.2, 0) is 0 Å². The Kier molecular flexibility index (Phi) is 1.99. The SMILES string of the molecule is Nc1cnn([C@@H]2CCCNC2)c1. The molecule has 1 fully saturated rings. The minimum absolute atomic E-state index is 0.496.